The lowest BCUT2D eigenvalue weighted by atomic mass is 10.1. The number of hydrogen-bond acceptors (Lipinski definition) is 2. The van der Waals surface area contributed by atoms with E-state index in [9.17, 15) is 0 Å². The van der Waals surface area contributed by atoms with Crippen LogP contribution in [-0.2, 0) is 5.28 Å². The molecule has 0 atom stereocenters. The van der Waals surface area contributed by atoms with Crippen LogP contribution < -0.4 is 4.30 Å². The van der Waals surface area contributed by atoms with Crippen molar-refractivity contribution in [2.24, 2.45) is 4.99 Å². The van der Waals surface area contributed by atoms with Crippen LogP contribution in [0, 0.1) is 0 Å². The molecule has 3 heteroatoms. The van der Waals surface area contributed by atoms with E-state index in [-0.39, 0.29) is 0 Å². The van der Waals surface area contributed by atoms with Gasteiger partial charge in [-0.25, -0.2) is 0 Å². The molecule has 0 saturated carbocycles. The first-order valence-corrected chi connectivity index (χ1v) is 10.8. The molecular formula is C21H21AlN2. The van der Waals surface area contributed by atoms with Gasteiger partial charge in [0.2, 0.25) is 0 Å². The highest BCUT2D eigenvalue weighted by molar-refractivity contribution is 6.60. The van der Waals surface area contributed by atoms with Crippen molar-refractivity contribution in [3.8, 4) is 0 Å². The molecule has 3 rings (SSSR count). The molecule has 0 aliphatic heterocycles. The predicted molar refractivity (Wildman–Crippen MR) is 106 cm³/mol. The van der Waals surface area contributed by atoms with Crippen LogP contribution in [0.25, 0.3) is 0 Å². The van der Waals surface area contributed by atoms with E-state index in [0.717, 1.165) is 11.0 Å². The Bertz CT molecular complexity index is 785. The largest absolute Gasteiger partial charge is 0.476 e. The second kappa shape index (κ2) is 8.50. The summed E-state index contributed by atoms with van der Waals surface area (Å²) in [6.45, 7) is 0. The third kappa shape index (κ3) is 4.83. The maximum Gasteiger partial charge on any atom is 0.412 e. The Kier molecular flexibility index (Phi) is 5.85. The van der Waals surface area contributed by atoms with E-state index in [1.807, 2.05) is 42.6 Å². The molecule has 0 amide bonds. The van der Waals surface area contributed by atoms with Crippen molar-refractivity contribution >= 4 is 32.0 Å². The predicted octanol–water partition coefficient (Wildman–Crippen LogP) is 5.25. The molecule has 118 valence electrons. The lowest BCUT2D eigenvalue weighted by molar-refractivity contribution is 1.33. The Morgan fingerprint density at radius 2 is 1.46 bits per heavy atom. The minimum atomic E-state index is -1.09. The topological polar surface area (TPSA) is 24.4 Å². The second-order valence-electron chi connectivity index (χ2n) is 5.91. The van der Waals surface area contributed by atoms with Gasteiger partial charge in [0.25, 0.3) is 0 Å². The molecule has 0 aromatic heterocycles. The van der Waals surface area contributed by atoms with Gasteiger partial charge in [-0.1, -0.05) is 72.0 Å². The minimum absolute atomic E-state index is 0.986. The molecule has 0 saturated heterocycles. The number of benzene rings is 3. The fraction of sp³-hybridized carbons (Fsp3) is 0.0952. The molecule has 24 heavy (non-hydrogen) atoms. The van der Waals surface area contributed by atoms with Crippen molar-refractivity contribution < 1.29 is 0 Å². The maximum absolute atomic E-state index is 4.60. The van der Waals surface area contributed by atoms with Gasteiger partial charge in [-0.3, -0.25) is 4.99 Å². The van der Waals surface area contributed by atoms with Crippen LogP contribution in [0.4, 0.5) is 11.4 Å². The maximum atomic E-state index is 4.60. The summed E-state index contributed by atoms with van der Waals surface area (Å²) in [5, 5.41) is 1.09. The van der Waals surface area contributed by atoms with Crippen LogP contribution in [0.1, 0.15) is 11.1 Å². The second-order valence-corrected chi connectivity index (χ2v) is 8.41. The normalized spacial score (nSPS) is 10.7. The van der Waals surface area contributed by atoms with Crippen LogP contribution >= 0.6 is 0 Å². The number of anilines is 1. The third-order valence-corrected chi connectivity index (χ3v) is 5.76. The lowest BCUT2D eigenvalue weighted by Gasteiger charge is -2.12. The fourth-order valence-electron chi connectivity index (χ4n) is 2.70. The standard InChI is InChI=1S/C14H12N.C6H6N.CH3.Al/c1-12-7-5-6-8-13(12)11-15-14-9-3-2-4-10-14;7-6-4-2-1-3-5-6;;/h2-11H,1H2;1-5,7H;1H3;/q;-1;;+1. The molecule has 0 radical (unpaired) electrons. The SMILES string of the molecule is [CH3][Al]([CH2]c1ccccc1C=Nc1ccccc1)[NH]c1ccccc1. The summed E-state index contributed by atoms with van der Waals surface area (Å²) in [6.07, 6.45) is 1.98. The first-order valence-electron chi connectivity index (χ1n) is 8.30. The summed E-state index contributed by atoms with van der Waals surface area (Å²) in [7, 11) is 0. The summed E-state index contributed by atoms with van der Waals surface area (Å²) in [5.74, 6) is 2.35. The van der Waals surface area contributed by atoms with Gasteiger partial charge in [0.1, 0.15) is 0 Å². The van der Waals surface area contributed by atoms with Crippen molar-refractivity contribution in [1.82, 2.24) is 0 Å². The van der Waals surface area contributed by atoms with E-state index < -0.39 is 14.4 Å². The van der Waals surface area contributed by atoms with Crippen molar-refractivity contribution in [3.63, 3.8) is 0 Å². The van der Waals surface area contributed by atoms with Gasteiger partial charge in [-0.05, 0) is 35.1 Å². The molecule has 0 bridgehead atoms. The Hall–Kier alpha value is -2.34. The molecule has 1 N–H and O–H groups in total. The van der Waals surface area contributed by atoms with Crippen LogP contribution in [0.3, 0.4) is 0 Å². The zero-order valence-electron chi connectivity index (χ0n) is 13.9. The van der Waals surface area contributed by atoms with Crippen molar-refractivity contribution in [3.05, 3.63) is 96.1 Å². The van der Waals surface area contributed by atoms with Crippen LogP contribution in [-0.4, -0.2) is 20.6 Å². The Balaban J connectivity index is 1.71. The molecule has 3 aromatic carbocycles. The zero-order valence-corrected chi connectivity index (χ0v) is 15.0. The molecule has 0 aliphatic rings. The fourth-order valence-corrected chi connectivity index (χ4v) is 4.60. The number of rotatable bonds is 6. The van der Waals surface area contributed by atoms with Gasteiger partial charge in [-0.15, -0.1) is 0 Å². The van der Waals surface area contributed by atoms with Gasteiger partial charge < -0.3 is 4.30 Å². The first-order chi connectivity index (χ1) is 11.8. The van der Waals surface area contributed by atoms with Crippen molar-refractivity contribution in [2.75, 3.05) is 4.30 Å². The lowest BCUT2D eigenvalue weighted by Crippen LogP contribution is -2.24. The monoisotopic (exact) mass is 328 g/mol. The Morgan fingerprint density at radius 3 is 2.21 bits per heavy atom. The number of nitrogens with one attached hydrogen (secondary N) is 1. The number of nitrogens with zero attached hydrogens (tertiary/aromatic N) is 1. The third-order valence-electron chi connectivity index (χ3n) is 3.88. The van der Waals surface area contributed by atoms with E-state index in [2.05, 4.69) is 63.6 Å². The van der Waals surface area contributed by atoms with Crippen molar-refractivity contribution in [2.45, 2.75) is 11.1 Å². The van der Waals surface area contributed by atoms with Gasteiger partial charge >= 0.3 is 14.4 Å². The van der Waals surface area contributed by atoms with Crippen LogP contribution in [0.2, 0.25) is 5.79 Å². The summed E-state index contributed by atoms with van der Waals surface area (Å²) < 4.78 is 3.69. The summed E-state index contributed by atoms with van der Waals surface area (Å²) >= 11 is -1.09. The highest BCUT2D eigenvalue weighted by Gasteiger charge is 2.14. The van der Waals surface area contributed by atoms with E-state index >= 15 is 0 Å². The molecule has 3 aromatic rings. The Labute approximate surface area is 148 Å². The van der Waals surface area contributed by atoms with Crippen molar-refractivity contribution in [1.29, 1.82) is 0 Å². The average Bonchev–Trinajstić information content (AvgIpc) is 2.63. The average molecular weight is 328 g/mol. The number of hydrogen-bond donors (Lipinski definition) is 1. The van der Waals surface area contributed by atoms with E-state index in [1.165, 1.54) is 16.8 Å². The molecular weight excluding hydrogens is 307 g/mol. The van der Waals surface area contributed by atoms with Crippen LogP contribution in [0.15, 0.2) is 89.9 Å². The summed E-state index contributed by atoms with van der Waals surface area (Å²) in [4.78, 5) is 4.60. The highest BCUT2D eigenvalue weighted by Crippen LogP contribution is 2.14. The molecule has 0 spiro atoms. The minimum Gasteiger partial charge on any atom is -0.476 e. The van der Waals surface area contributed by atoms with Gasteiger partial charge in [0, 0.05) is 11.9 Å². The van der Waals surface area contributed by atoms with E-state index in [4.69, 9.17) is 0 Å². The molecule has 0 fully saturated rings. The quantitative estimate of drug-likeness (QED) is 0.485. The van der Waals surface area contributed by atoms with Gasteiger partial charge in [0.05, 0.1) is 5.69 Å². The molecule has 0 heterocycles. The smallest absolute Gasteiger partial charge is 0.412 e. The Morgan fingerprint density at radius 1 is 0.833 bits per heavy atom. The first kappa shape index (κ1) is 16.5. The van der Waals surface area contributed by atoms with Crippen LogP contribution in [0.5, 0.6) is 0 Å². The van der Waals surface area contributed by atoms with Gasteiger partial charge in [0.15, 0.2) is 0 Å². The summed E-state index contributed by atoms with van der Waals surface area (Å²) in [6, 6.07) is 29.1. The van der Waals surface area contributed by atoms with Gasteiger partial charge in [-0.2, -0.15) is 0 Å². The molecule has 0 aliphatic carbocycles. The highest BCUT2D eigenvalue weighted by atomic mass is 27.2. The molecule has 0 unspecified atom stereocenters. The van der Waals surface area contributed by atoms with E-state index in [1.54, 1.807) is 0 Å². The zero-order chi connectivity index (χ0) is 16.6. The summed E-state index contributed by atoms with van der Waals surface area (Å²) in [5.41, 5.74) is 4.77. The number of para-hydroxylation sites is 2. The van der Waals surface area contributed by atoms with E-state index in [0.29, 0.717) is 0 Å². The number of aliphatic imine (C=N–C) groups is 1. The molecule has 2 nitrogen and oxygen atoms in total.